The number of hydrogen-bond acceptors (Lipinski definition) is 5. The SMILES string of the molecule is O=C(CCc1nc2ccccc2c(=O)n1C1CC1)N1CCN(Cc2cccs2)CC1. The Hall–Kier alpha value is -2.51. The van der Waals surface area contributed by atoms with Gasteiger partial charge in [0.05, 0.1) is 10.9 Å². The Morgan fingerprint density at radius 3 is 2.60 bits per heavy atom. The second-order valence-corrected chi connectivity index (χ2v) is 9.22. The standard InChI is InChI=1S/C23H26N4O2S/c28-22(26-13-11-25(12-14-26)16-18-4-3-15-30-18)10-9-21-24-20-6-2-1-5-19(20)23(29)27(21)17-7-8-17/h1-6,15,17H,7-14,16H2. The van der Waals surface area contributed by atoms with Crippen LogP contribution in [0.2, 0.25) is 0 Å². The molecule has 0 atom stereocenters. The van der Waals surface area contributed by atoms with Crippen LogP contribution in [0.25, 0.3) is 10.9 Å². The van der Waals surface area contributed by atoms with Crippen LogP contribution in [0.3, 0.4) is 0 Å². The molecule has 1 aliphatic heterocycles. The molecule has 5 rings (SSSR count). The quantitative estimate of drug-likeness (QED) is 0.613. The molecule has 0 spiro atoms. The van der Waals surface area contributed by atoms with Crippen molar-refractivity contribution in [1.29, 1.82) is 0 Å². The van der Waals surface area contributed by atoms with E-state index in [0.29, 0.717) is 18.2 Å². The van der Waals surface area contributed by atoms with Crippen molar-refractivity contribution in [3.05, 3.63) is 62.8 Å². The maximum absolute atomic E-state index is 13.0. The van der Waals surface area contributed by atoms with Crippen molar-refractivity contribution in [1.82, 2.24) is 19.4 Å². The number of piperazine rings is 1. The third-order valence-electron chi connectivity index (χ3n) is 6.04. The first-order valence-corrected chi connectivity index (χ1v) is 11.6. The Kier molecular flexibility index (Phi) is 5.39. The van der Waals surface area contributed by atoms with Crippen LogP contribution in [0.15, 0.2) is 46.6 Å². The van der Waals surface area contributed by atoms with Gasteiger partial charge in [-0.15, -0.1) is 11.3 Å². The van der Waals surface area contributed by atoms with Gasteiger partial charge in [-0.25, -0.2) is 4.98 Å². The molecule has 0 bridgehead atoms. The first-order valence-electron chi connectivity index (χ1n) is 10.7. The van der Waals surface area contributed by atoms with E-state index in [1.54, 1.807) is 11.3 Å². The van der Waals surface area contributed by atoms with Crippen molar-refractivity contribution in [2.45, 2.75) is 38.3 Å². The fraction of sp³-hybridized carbons (Fsp3) is 0.435. The second-order valence-electron chi connectivity index (χ2n) is 8.19. The predicted molar refractivity (Wildman–Crippen MR) is 119 cm³/mol. The summed E-state index contributed by atoms with van der Waals surface area (Å²) in [6.07, 6.45) is 2.97. The Balaban J connectivity index is 1.23. The van der Waals surface area contributed by atoms with Gasteiger partial charge in [0.15, 0.2) is 0 Å². The summed E-state index contributed by atoms with van der Waals surface area (Å²) in [6.45, 7) is 4.32. The number of nitrogens with zero attached hydrogens (tertiary/aromatic N) is 4. The van der Waals surface area contributed by atoms with E-state index in [1.165, 1.54) is 4.88 Å². The number of thiophene rings is 1. The average molecular weight is 423 g/mol. The number of benzene rings is 1. The van der Waals surface area contributed by atoms with Gasteiger partial charge in [0.2, 0.25) is 5.91 Å². The lowest BCUT2D eigenvalue weighted by Gasteiger charge is -2.34. The van der Waals surface area contributed by atoms with E-state index in [0.717, 1.165) is 56.9 Å². The van der Waals surface area contributed by atoms with Crippen LogP contribution in [0.1, 0.15) is 36.0 Å². The van der Waals surface area contributed by atoms with Crippen molar-refractivity contribution in [3.8, 4) is 0 Å². The lowest BCUT2D eigenvalue weighted by molar-refractivity contribution is -0.133. The summed E-state index contributed by atoms with van der Waals surface area (Å²) < 4.78 is 1.84. The summed E-state index contributed by atoms with van der Waals surface area (Å²) in [4.78, 5) is 36.3. The number of rotatable bonds is 6. The smallest absolute Gasteiger partial charge is 0.261 e. The molecule has 1 saturated heterocycles. The normalized spacial score (nSPS) is 17.5. The van der Waals surface area contributed by atoms with E-state index in [1.807, 2.05) is 33.7 Å². The van der Waals surface area contributed by atoms with Gasteiger partial charge in [-0.2, -0.15) is 0 Å². The van der Waals surface area contributed by atoms with Gasteiger partial charge in [0, 0.05) is 56.5 Å². The number of aromatic nitrogens is 2. The molecule has 1 saturated carbocycles. The second kappa shape index (κ2) is 8.32. The van der Waals surface area contributed by atoms with Crippen LogP contribution < -0.4 is 5.56 Å². The van der Waals surface area contributed by atoms with Crippen molar-refractivity contribution in [2.24, 2.45) is 0 Å². The van der Waals surface area contributed by atoms with Crippen LogP contribution in [-0.2, 0) is 17.8 Å². The van der Waals surface area contributed by atoms with Crippen molar-refractivity contribution in [2.75, 3.05) is 26.2 Å². The Morgan fingerprint density at radius 2 is 1.87 bits per heavy atom. The van der Waals surface area contributed by atoms with Crippen LogP contribution in [0, 0.1) is 0 Å². The molecule has 6 nitrogen and oxygen atoms in total. The molecule has 2 aliphatic rings. The molecule has 1 aliphatic carbocycles. The van der Waals surface area contributed by atoms with Gasteiger partial charge in [-0.3, -0.25) is 19.1 Å². The summed E-state index contributed by atoms with van der Waals surface area (Å²) in [5.74, 6) is 0.918. The number of hydrogen-bond donors (Lipinski definition) is 0. The van der Waals surface area contributed by atoms with Crippen LogP contribution in [0.5, 0.6) is 0 Å². The van der Waals surface area contributed by atoms with Gasteiger partial charge in [0.25, 0.3) is 5.56 Å². The lowest BCUT2D eigenvalue weighted by Crippen LogP contribution is -2.48. The lowest BCUT2D eigenvalue weighted by atomic mass is 10.2. The molecule has 156 valence electrons. The summed E-state index contributed by atoms with van der Waals surface area (Å²) in [5, 5.41) is 2.78. The summed E-state index contributed by atoms with van der Waals surface area (Å²) in [7, 11) is 0. The molecule has 3 aromatic rings. The zero-order chi connectivity index (χ0) is 20.5. The highest BCUT2D eigenvalue weighted by molar-refractivity contribution is 7.09. The Bertz CT molecular complexity index is 1100. The zero-order valence-corrected chi connectivity index (χ0v) is 17.8. The molecule has 0 radical (unpaired) electrons. The van der Waals surface area contributed by atoms with Crippen LogP contribution in [-0.4, -0.2) is 51.4 Å². The van der Waals surface area contributed by atoms with E-state index >= 15 is 0 Å². The third kappa shape index (κ3) is 4.04. The van der Waals surface area contributed by atoms with Gasteiger partial charge < -0.3 is 4.90 Å². The molecule has 2 aromatic heterocycles. The summed E-state index contributed by atoms with van der Waals surface area (Å²) in [6, 6.07) is 12.0. The highest BCUT2D eigenvalue weighted by Gasteiger charge is 2.29. The third-order valence-corrected chi connectivity index (χ3v) is 6.90. The molecule has 2 fully saturated rings. The minimum atomic E-state index is 0.0349. The Labute approximate surface area is 179 Å². The van der Waals surface area contributed by atoms with E-state index in [-0.39, 0.29) is 17.5 Å². The maximum Gasteiger partial charge on any atom is 0.261 e. The van der Waals surface area contributed by atoms with Gasteiger partial charge in [0.1, 0.15) is 5.82 Å². The maximum atomic E-state index is 13.0. The fourth-order valence-corrected chi connectivity index (χ4v) is 4.98. The Morgan fingerprint density at radius 1 is 1.07 bits per heavy atom. The van der Waals surface area contributed by atoms with Crippen LogP contribution in [0.4, 0.5) is 0 Å². The highest BCUT2D eigenvalue weighted by Crippen LogP contribution is 2.35. The van der Waals surface area contributed by atoms with Gasteiger partial charge in [-0.05, 0) is 36.4 Å². The van der Waals surface area contributed by atoms with E-state index in [4.69, 9.17) is 4.98 Å². The number of carbonyl (C=O) groups excluding carboxylic acids is 1. The minimum Gasteiger partial charge on any atom is -0.340 e. The minimum absolute atomic E-state index is 0.0349. The van der Waals surface area contributed by atoms with Crippen molar-refractivity contribution < 1.29 is 4.79 Å². The van der Waals surface area contributed by atoms with E-state index in [9.17, 15) is 9.59 Å². The predicted octanol–water partition coefficient (Wildman–Crippen LogP) is 3.07. The van der Waals surface area contributed by atoms with E-state index in [2.05, 4.69) is 22.4 Å². The molecule has 3 heterocycles. The van der Waals surface area contributed by atoms with Gasteiger partial charge >= 0.3 is 0 Å². The first kappa shape index (κ1) is 19.5. The van der Waals surface area contributed by atoms with E-state index < -0.39 is 0 Å². The number of para-hydroxylation sites is 1. The highest BCUT2D eigenvalue weighted by atomic mass is 32.1. The monoisotopic (exact) mass is 422 g/mol. The summed E-state index contributed by atoms with van der Waals surface area (Å²) >= 11 is 1.78. The fourth-order valence-electron chi connectivity index (χ4n) is 4.23. The summed E-state index contributed by atoms with van der Waals surface area (Å²) in [5.41, 5.74) is 0.761. The molecule has 7 heteroatoms. The largest absolute Gasteiger partial charge is 0.340 e. The van der Waals surface area contributed by atoms with Crippen LogP contribution >= 0.6 is 11.3 Å². The topological polar surface area (TPSA) is 58.4 Å². The zero-order valence-electron chi connectivity index (χ0n) is 17.0. The molecule has 0 N–H and O–H groups in total. The molecule has 1 aromatic carbocycles. The van der Waals surface area contributed by atoms with Gasteiger partial charge in [-0.1, -0.05) is 18.2 Å². The molecule has 1 amide bonds. The average Bonchev–Trinajstić information content (AvgIpc) is 3.48. The van der Waals surface area contributed by atoms with Crippen molar-refractivity contribution >= 4 is 28.1 Å². The first-order chi connectivity index (χ1) is 14.7. The molecule has 0 unspecified atom stereocenters. The molecular formula is C23H26N4O2S. The number of aryl methyl sites for hydroxylation is 1. The number of fused-ring (bicyclic) bond motifs is 1. The number of amides is 1. The molecular weight excluding hydrogens is 396 g/mol. The molecule has 30 heavy (non-hydrogen) atoms. The van der Waals surface area contributed by atoms with Crippen molar-refractivity contribution in [3.63, 3.8) is 0 Å². The number of carbonyl (C=O) groups is 1.